The summed E-state index contributed by atoms with van der Waals surface area (Å²) in [4.78, 5) is 19.4. The Balaban J connectivity index is 1.78. The Morgan fingerprint density at radius 2 is 1.96 bits per heavy atom. The number of rotatable bonds is 5. The molecular weight excluding hydrogens is 364 g/mol. The molecule has 0 spiro atoms. The van der Waals surface area contributed by atoms with Crippen molar-refractivity contribution in [1.29, 1.82) is 0 Å². The lowest BCUT2D eigenvalue weighted by atomic mass is 9.93. The molecule has 0 fully saturated rings. The molecule has 0 unspecified atom stereocenters. The van der Waals surface area contributed by atoms with Crippen LogP contribution in [0.5, 0.6) is 0 Å². The summed E-state index contributed by atoms with van der Waals surface area (Å²) in [5.41, 5.74) is 2.06. The van der Waals surface area contributed by atoms with Crippen LogP contribution in [0.2, 0.25) is 0 Å². The average Bonchev–Trinajstić information content (AvgIpc) is 2.64. The van der Waals surface area contributed by atoms with E-state index in [2.05, 4.69) is 45.2 Å². The average molecular weight is 385 g/mol. The van der Waals surface area contributed by atoms with Gasteiger partial charge in [-0.05, 0) is 49.1 Å². The first-order valence-electron chi connectivity index (χ1n) is 8.30. The molecule has 2 aromatic rings. The van der Waals surface area contributed by atoms with Crippen LogP contribution in [0.15, 0.2) is 65.3 Å². The van der Waals surface area contributed by atoms with E-state index < -0.39 is 0 Å². The minimum atomic E-state index is 0.0918. The van der Waals surface area contributed by atoms with E-state index in [9.17, 15) is 4.79 Å². The Morgan fingerprint density at radius 3 is 2.62 bits per heavy atom. The van der Waals surface area contributed by atoms with E-state index in [1.54, 1.807) is 6.20 Å². The Bertz CT molecular complexity index is 697. The zero-order valence-corrected chi connectivity index (χ0v) is 15.2. The van der Waals surface area contributed by atoms with Crippen molar-refractivity contribution in [2.24, 2.45) is 5.92 Å². The second-order valence-corrected chi connectivity index (χ2v) is 7.04. The molecule has 0 saturated carbocycles. The zero-order valence-electron chi connectivity index (χ0n) is 13.6. The van der Waals surface area contributed by atoms with E-state index in [1.165, 1.54) is 0 Å². The summed E-state index contributed by atoms with van der Waals surface area (Å²) in [5, 5.41) is 0. The highest BCUT2D eigenvalue weighted by atomic mass is 79.9. The summed E-state index contributed by atoms with van der Waals surface area (Å²) in [7, 11) is 0. The number of benzene rings is 1. The van der Waals surface area contributed by atoms with E-state index >= 15 is 0 Å². The first-order valence-corrected chi connectivity index (χ1v) is 9.10. The van der Waals surface area contributed by atoms with Gasteiger partial charge in [-0.1, -0.05) is 46.3 Å². The number of nitrogens with zero attached hydrogens (tertiary/aromatic N) is 2. The van der Waals surface area contributed by atoms with Gasteiger partial charge in [0.25, 0.3) is 0 Å². The molecule has 3 nitrogen and oxygen atoms in total. The third-order valence-corrected chi connectivity index (χ3v) is 4.82. The van der Waals surface area contributed by atoms with Crippen molar-refractivity contribution in [2.75, 3.05) is 0 Å². The van der Waals surface area contributed by atoms with Gasteiger partial charge in [0.15, 0.2) is 0 Å². The van der Waals surface area contributed by atoms with Crippen LogP contribution in [0.4, 0.5) is 0 Å². The maximum atomic E-state index is 13.0. The number of hydrogen-bond donors (Lipinski definition) is 0. The molecule has 1 atom stereocenters. The summed E-state index contributed by atoms with van der Waals surface area (Å²) in [5.74, 6) is 0.321. The van der Waals surface area contributed by atoms with Gasteiger partial charge in [-0.2, -0.15) is 0 Å². The lowest BCUT2D eigenvalue weighted by Crippen LogP contribution is -2.36. The van der Waals surface area contributed by atoms with Crippen molar-refractivity contribution < 1.29 is 4.79 Å². The van der Waals surface area contributed by atoms with Gasteiger partial charge in [0.2, 0.25) is 5.91 Å². The van der Waals surface area contributed by atoms with Gasteiger partial charge >= 0.3 is 0 Å². The van der Waals surface area contributed by atoms with E-state index in [-0.39, 0.29) is 11.8 Å². The second-order valence-electron chi connectivity index (χ2n) is 6.12. The van der Waals surface area contributed by atoms with Crippen LogP contribution >= 0.6 is 15.9 Å². The number of hydrogen-bond acceptors (Lipinski definition) is 2. The molecule has 3 rings (SSSR count). The normalized spacial score (nSPS) is 16.8. The number of carbonyl (C=O) groups excluding carboxylic acids is 1. The van der Waals surface area contributed by atoms with Crippen molar-refractivity contribution >= 4 is 21.8 Å². The molecule has 1 aliphatic rings. The third kappa shape index (κ3) is 4.54. The fourth-order valence-electron chi connectivity index (χ4n) is 2.99. The molecule has 0 radical (unpaired) electrons. The second kappa shape index (κ2) is 8.25. The van der Waals surface area contributed by atoms with Gasteiger partial charge in [0, 0.05) is 23.1 Å². The number of pyridine rings is 1. The van der Waals surface area contributed by atoms with E-state index in [0.29, 0.717) is 13.1 Å². The molecule has 0 saturated heterocycles. The predicted octanol–water partition coefficient (Wildman–Crippen LogP) is 4.73. The summed E-state index contributed by atoms with van der Waals surface area (Å²) in [6.45, 7) is 1.17. The third-order valence-electron chi connectivity index (χ3n) is 4.30. The molecule has 1 aromatic carbocycles. The summed E-state index contributed by atoms with van der Waals surface area (Å²) < 4.78 is 1.05. The quantitative estimate of drug-likeness (QED) is 0.698. The number of carbonyl (C=O) groups is 1. The molecule has 1 aliphatic carbocycles. The monoisotopic (exact) mass is 384 g/mol. The van der Waals surface area contributed by atoms with Gasteiger partial charge in [0.05, 0.1) is 12.2 Å². The van der Waals surface area contributed by atoms with E-state index in [4.69, 9.17) is 0 Å². The lowest BCUT2D eigenvalue weighted by Gasteiger charge is -2.28. The standard InChI is InChI=1S/C20H21BrN2O/c21-18-11-9-16(10-12-18)14-23(15-19-8-4-5-13-22-19)20(24)17-6-2-1-3-7-17/h1-2,4-5,8-13,17H,3,6-7,14-15H2/t17-/m1/s1. The largest absolute Gasteiger partial charge is 0.332 e. The molecule has 0 aliphatic heterocycles. The van der Waals surface area contributed by atoms with Crippen molar-refractivity contribution in [3.63, 3.8) is 0 Å². The number of allylic oxidation sites excluding steroid dienone is 2. The van der Waals surface area contributed by atoms with Crippen LogP contribution in [0, 0.1) is 5.92 Å². The van der Waals surface area contributed by atoms with Gasteiger partial charge in [-0.15, -0.1) is 0 Å². The molecule has 124 valence electrons. The highest BCUT2D eigenvalue weighted by Gasteiger charge is 2.25. The molecule has 24 heavy (non-hydrogen) atoms. The van der Waals surface area contributed by atoms with Crippen molar-refractivity contribution in [2.45, 2.75) is 32.4 Å². The molecule has 1 amide bonds. The number of amides is 1. The maximum absolute atomic E-state index is 13.0. The van der Waals surface area contributed by atoms with Crippen LogP contribution in [0.3, 0.4) is 0 Å². The molecule has 1 aromatic heterocycles. The van der Waals surface area contributed by atoms with Gasteiger partial charge in [-0.3, -0.25) is 9.78 Å². The number of aromatic nitrogens is 1. The van der Waals surface area contributed by atoms with Crippen LogP contribution in [0.1, 0.15) is 30.5 Å². The predicted molar refractivity (Wildman–Crippen MR) is 99.1 cm³/mol. The molecule has 0 bridgehead atoms. The number of halogens is 1. The van der Waals surface area contributed by atoms with Crippen LogP contribution in [0.25, 0.3) is 0 Å². The van der Waals surface area contributed by atoms with Crippen molar-refractivity contribution in [3.05, 3.63) is 76.5 Å². The lowest BCUT2D eigenvalue weighted by molar-refractivity contribution is -0.137. The zero-order chi connectivity index (χ0) is 16.8. The summed E-state index contributed by atoms with van der Waals surface area (Å²) in [6.07, 6.45) is 8.85. The summed E-state index contributed by atoms with van der Waals surface area (Å²) in [6, 6.07) is 14.0. The SMILES string of the molecule is O=C([C@@H]1CC=CCC1)N(Cc1ccc(Br)cc1)Cc1ccccn1. The minimum Gasteiger partial charge on any atom is -0.332 e. The minimum absolute atomic E-state index is 0.0918. The Hall–Kier alpha value is -1.94. The topological polar surface area (TPSA) is 33.2 Å². The van der Waals surface area contributed by atoms with E-state index in [0.717, 1.165) is 35.0 Å². The Labute approximate surface area is 151 Å². The van der Waals surface area contributed by atoms with Crippen LogP contribution in [-0.4, -0.2) is 15.8 Å². The maximum Gasteiger partial charge on any atom is 0.226 e. The Kier molecular flexibility index (Phi) is 5.81. The van der Waals surface area contributed by atoms with Crippen molar-refractivity contribution in [3.8, 4) is 0 Å². The summed E-state index contributed by atoms with van der Waals surface area (Å²) >= 11 is 3.46. The smallest absolute Gasteiger partial charge is 0.226 e. The first-order chi connectivity index (χ1) is 11.7. The van der Waals surface area contributed by atoms with Gasteiger partial charge in [0.1, 0.15) is 0 Å². The van der Waals surface area contributed by atoms with Gasteiger partial charge < -0.3 is 4.90 Å². The highest BCUT2D eigenvalue weighted by molar-refractivity contribution is 9.10. The van der Waals surface area contributed by atoms with Crippen molar-refractivity contribution in [1.82, 2.24) is 9.88 Å². The first kappa shape index (κ1) is 16.9. The molecular formula is C20H21BrN2O. The van der Waals surface area contributed by atoms with Gasteiger partial charge in [-0.25, -0.2) is 0 Å². The molecule has 4 heteroatoms. The molecule has 1 heterocycles. The van der Waals surface area contributed by atoms with E-state index in [1.807, 2.05) is 35.2 Å². The fourth-order valence-corrected chi connectivity index (χ4v) is 3.25. The fraction of sp³-hybridized carbons (Fsp3) is 0.300. The highest BCUT2D eigenvalue weighted by Crippen LogP contribution is 2.23. The molecule has 0 N–H and O–H groups in total. The van der Waals surface area contributed by atoms with Crippen LogP contribution < -0.4 is 0 Å². The Morgan fingerprint density at radius 1 is 1.12 bits per heavy atom. The van der Waals surface area contributed by atoms with Crippen LogP contribution in [-0.2, 0) is 17.9 Å².